The van der Waals surface area contributed by atoms with Crippen LogP contribution < -0.4 is 5.32 Å². The van der Waals surface area contributed by atoms with E-state index in [4.69, 9.17) is 27.9 Å². The van der Waals surface area contributed by atoms with Gasteiger partial charge in [-0.15, -0.1) is 23.2 Å². The molecule has 22 heavy (non-hydrogen) atoms. The fourth-order valence-corrected chi connectivity index (χ4v) is 2.90. The first-order valence-electron chi connectivity index (χ1n) is 7.11. The van der Waals surface area contributed by atoms with Crippen LogP contribution in [-0.4, -0.2) is 22.8 Å². The summed E-state index contributed by atoms with van der Waals surface area (Å²) in [6.45, 7) is 5.35. The maximum Gasteiger partial charge on any atom is 0.315 e. The molecule has 6 heteroatoms. The third kappa shape index (κ3) is 3.39. The highest BCUT2D eigenvalue weighted by molar-refractivity contribution is 6.53. The molecule has 1 atom stereocenters. The standard InChI is InChI=1S/C16H19Cl2NO3/c1-10(2)11-6-4-5-7-12(11)19-13(20)8-22-14(21)15(3)9-16(15,17)18/h4-7,10H,8-9H2,1-3H3,(H,19,20)/t15-/m0/s1. The second-order valence-corrected chi connectivity index (χ2v) is 7.56. The van der Waals surface area contributed by atoms with Crippen molar-refractivity contribution < 1.29 is 14.3 Å². The monoisotopic (exact) mass is 343 g/mol. The summed E-state index contributed by atoms with van der Waals surface area (Å²) in [5.41, 5.74) is 0.823. The second kappa shape index (κ2) is 6.09. The number of rotatable bonds is 5. The molecule has 0 aromatic heterocycles. The molecule has 1 aliphatic carbocycles. The van der Waals surface area contributed by atoms with Crippen molar-refractivity contribution in [2.75, 3.05) is 11.9 Å². The molecular formula is C16H19Cl2NO3. The molecule has 1 aliphatic rings. The van der Waals surface area contributed by atoms with E-state index in [1.807, 2.05) is 38.1 Å². The van der Waals surface area contributed by atoms with E-state index in [9.17, 15) is 9.59 Å². The molecule has 0 heterocycles. The number of carbonyl (C=O) groups excluding carboxylic acids is 2. The van der Waals surface area contributed by atoms with E-state index in [2.05, 4.69) is 5.32 Å². The topological polar surface area (TPSA) is 55.4 Å². The Morgan fingerprint density at radius 2 is 1.91 bits per heavy atom. The lowest BCUT2D eigenvalue weighted by molar-refractivity contribution is -0.152. The smallest absolute Gasteiger partial charge is 0.315 e. The first kappa shape index (κ1) is 17.1. The summed E-state index contributed by atoms with van der Waals surface area (Å²) in [4.78, 5) is 23.8. The Hall–Kier alpha value is -1.26. The number of anilines is 1. The lowest BCUT2D eigenvalue weighted by Gasteiger charge is -2.15. The number of hydrogen-bond acceptors (Lipinski definition) is 3. The van der Waals surface area contributed by atoms with E-state index in [1.165, 1.54) is 0 Å². The van der Waals surface area contributed by atoms with Gasteiger partial charge in [0.2, 0.25) is 0 Å². The molecule has 1 aromatic carbocycles. The predicted octanol–water partition coefficient (Wildman–Crippen LogP) is 3.88. The number of halogens is 2. The fraction of sp³-hybridized carbons (Fsp3) is 0.500. The van der Waals surface area contributed by atoms with Crippen LogP contribution in [0.1, 0.15) is 38.7 Å². The van der Waals surface area contributed by atoms with Gasteiger partial charge >= 0.3 is 5.97 Å². The maximum absolute atomic E-state index is 11.9. The summed E-state index contributed by atoms with van der Waals surface area (Å²) < 4.78 is 3.93. The summed E-state index contributed by atoms with van der Waals surface area (Å²) in [6.07, 6.45) is 0.333. The van der Waals surface area contributed by atoms with Crippen LogP contribution in [0.25, 0.3) is 0 Å². The van der Waals surface area contributed by atoms with Crippen LogP contribution >= 0.6 is 23.2 Å². The van der Waals surface area contributed by atoms with Crippen molar-refractivity contribution in [2.45, 2.75) is 37.4 Å². The van der Waals surface area contributed by atoms with Crippen LogP contribution in [-0.2, 0) is 14.3 Å². The van der Waals surface area contributed by atoms with Crippen LogP contribution in [0.2, 0.25) is 0 Å². The molecule has 0 aliphatic heterocycles. The number of esters is 1. The molecule has 0 saturated heterocycles. The van der Waals surface area contributed by atoms with Crippen LogP contribution in [0.4, 0.5) is 5.69 Å². The number of nitrogens with one attached hydrogen (secondary N) is 1. The van der Waals surface area contributed by atoms with Gasteiger partial charge in [0, 0.05) is 12.1 Å². The van der Waals surface area contributed by atoms with E-state index in [0.717, 1.165) is 11.3 Å². The van der Waals surface area contributed by atoms with Gasteiger partial charge in [-0.1, -0.05) is 32.0 Å². The fourth-order valence-electron chi connectivity index (χ4n) is 2.21. The largest absolute Gasteiger partial charge is 0.455 e. The minimum atomic E-state index is -1.09. The van der Waals surface area contributed by atoms with Gasteiger partial charge in [-0.3, -0.25) is 9.59 Å². The van der Waals surface area contributed by atoms with Crippen molar-refractivity contribution in [3.8, 4) is 0 Å². The Morgan fingerprint density at radius 3 is 2.45 bits per heavy atom. The third-order valence-corrected chi connectivity index (χ3v) is 5.00. The Kier molecular flexibility index (Phi) is 4.73. The first-order chi connectivity index (χ1) is 10.2. The van der Waals surface area contributed by atoms with E-state index in [-0.39, 0.29) is 18.4 Å². The molecule has 0 radical (unpaired) electrons. The maximum atomic E-state index is 11.9. The van der Waals surface area contributed by atoms with Gasteiger partial charge < -0.3 is 10.1 Å². The van der Waals surface area contributed by atoms with Crippen LogP contribution in [0.5, 0.6) is 0 Å². The predicted molar refractivity (Wildman–Crippen MR) is 87.3 cm³/mol. The Morgan fingerprint density at radius 1 is 1.32 bits per heavy atom. The zero-order valence-corrected chi connectivity index (χ0v) is 14.3. The Balaban J connectivity index is 1.91. The Labute approximate surface area is 140 Å². The Bertz CT molecular complexity index is 601. The molecule has 1 saturated carbocycles. The van der Waals surface area contributed by atoms with Crippen molar-refractivity contribution >= 4 is 40.8 Å². The van der Waals surface area contributed by atoms with Gasteiger partial charge in [0.05, 0.1) is 0 Å². The van der Waals surface area contributed by atoms with E-state index in [0.29, 0.717) is 6.42 Å². The molecule has 4 nitrogen and oxygen atoms in total. The highest BCUT2D eigenvalue weighted by Gasteiger charge is 2.69. The minimum Gasteiger partial charge on any atom is -0.455 e. The van der Waals surface area contributed by atoms with Crippen molar-refractivity contribution in [3.05, 3.63) is 29.8 Å². The molecule has 0 unspecified atom stereocenters. The van der Waals surface area contributed by atoms with E-state index in [1.54, 1.807) is 6.92 Å². The highest BCUT2D eigenvalue weighted by Crippen LogP contribution is 2.64. The molecule has 1 amide bonds. The average Bonchev–Trinajstić information content (AvgIpc) is 2.96. The molecule has 120 valence electrons. The van der Waals surface area contributed by atoms with E-state index < -0.39 is 15.7 Å². The third-order valence-electron chi connectivity index (χ3n) is 3.90. The summed E-state index contributed by atoms with van der Waals surface area (Å²) >= 11 is 11.8. The normalized spacial score (nSPS) is 22.3. The van der Waals surface area contributed by atoms with Crippen molar-refractivity contribution in [1.29, 1.82) is 0 Å². The molecule has 2 rings (SSSR count). The number of amides is 1. The SMILES string of the molecule is CC(C)c1ccccc1NC(=O)COC(=O)[C@]1(C)CC1(Cl)Cl. The highest BCUT2D eigenvalue weighted by atomic mass is 35.5. The molecule has 0 spiro atoms. The minimum absolute atomic E-state index is 0.275. The number of hydrogen-bond donors (Lipinski definition) is 1. The van der Waals surface area contributed by atoms with E-state index >= 15 is 0 Å². The van der Waals surface area contributed by atoms with Crippen molar-refractivity contribution in [1.82, 2.24) is 0 Å². The first-order valence-corrected chi connectivity index (χ1v) is 7.87. The molecular weight excluding hydrogens is 325 g/mol. The number of carbonyl (C=O) groups is 2. The molecule has 1 fully saturated rings. The van der Waals surface area contributed by atoms with Crippen molar-refractivity contribution in [3.63, 3.8) is 0 Å². The molecule has 0 bridgehead atoms. The van der Waals surface area contributed by atoms with Crippen LogP contribution in [0.3, 0.4) is 0 Å². The zero-order valence-electron chi connectivity index (χ0n) is 12.8. The summed E-state index contributed by atoms with van der Waals surface area (Å²) in [5, 5.41) is 2.76. The van der Waals surface area contributed by atoms with Crippen molar-refractivity contribution in [2.24, 2.45) is 5.41 Å². The van der Waals surface area contributed by atoms with Gasteiger partial charge in [-0.25, -0.2) is 0 Å². The van der Waals surface area contributed by atoms with Crippen LogP contribution in [0, 0.1) is 5.41 Å². The van der Waals surface area contributed by atoms with Crippen LogP contribution in [0.15, 0.2) is 24.3 Å². The second-order valence-electron chi connectivity index (χ2n) is 6.08. The zero-order chi connectivity index (χ0) is 16.5. The molecule has 1 N–H and O–H groups in total. The van der Waals surface area contributed by atoms with Gasteiger partial charge in [0.25, 0.3) is 5.91 Å². The number of alkyl halides is 2. The van der Waals surface area contributed by atoms with Gasteiger partial charge in [-0.2, -0.15) is 0 Å². The number of ether oxygens (including phenoxy) is 1. The average molecular weight is 344 g/mol. The summed E-state index contributed by atoms with van der Waals surface area (Å²) in [7, 11) is 0. The summed E-state index contributed by atoms with van der Waals surface area (Å²) in [5.74, 6) is -0.664. The molecule has 1 aromatic rings. The number of para-hydroxylation sites is 1. The van der Waals surface area contributed by atoms with Gasteiger partial charge in [0.1, 0.15) is 9.75 Å². The van der Waals surface area contributed by atoms with Gasteiger partial charge in [0.15, 0.2) is 6.61 Å². The summed E-state index contributed by atoms with van der Waals surface area (Å²) in [6, 6.07) is 7.53. The lowest BCUT2D eigenvalue weighted by Crippen LogP contribution is -2.27. The lowest BCUT2D eigenvalue weighted by atomic mass is 10.0. The van der Waals surface area contributed by atoms with Gasteiger partial charge in [-0.05, 0) is 24.5 Å². The number of benzene rings is 1. The quantitative estimate of drug-likeness (QED) is 0.652.